The van der Waals surface area contributed by atoms with Crippen molar-refractivity contribution in [3.8, 4) is 0 Å². The molecule has 0 heterocycles. The Hall–Kier alpha value is -1.10. The maximum atomic E-state index is 12.9. The lowest BCUT2D eigenvalue weighted by Crippen LogP contribution is -2.26. The molecule has 5 nitrogen and oxygen atoms in total. The van der Waals surface area contributed by atoms with Gasteiger partial charge in [0.2, 0.25) is 0 Å². The lowest BCUT2D eigenvalue weighted by Gasteiger charge is -2.20. The summed E-state index contributed by atoms with van der Waals surface area (Å²) < 4.78 is 11.6. The quantitative estimate of drug-likeness (QED) is 0.0638. The highest BCUT2D eigenvalue weighted by Gasteiger charge is 2.19. The van der Waals surface area contributed by atoms with Crippen molar-refractivity contribution in [3.63, 3.8) is 0 Å². The summed E-state index contributed by atoms with van der Waals surface area (Å²) in [5.41, 5.74) is 0. The fraction of sp³-hybridized carbons (Fsp3) is 0.943. The van der Waals surface area contributed by atoms with Crippen molar-refractivity contribution >= 4 is 11.9 Å². The van der Waals surface area contributed by atoms with Crippen molar-refractivity contribution < 1.29 is 19.1 Å². The second-order valence-electron chi connectivity index (χ2n) is 12.4. The third-order valence-corrected chi connectivity index (χ3v) is 7.98. The topological polar surface area (TPSA) is 55.8 Å². The molecule has 0 aliphatic carbocycles. The highest BCUT2D eigenvalue weighted by molar-refractivity contribution is 5.70. The largest absolute Gasteiger partial charge is 0.462 e. The van der Waals surface area contributed by atoms with E-state index in [0.717, 1.165) is 45.1 Å². The van der Waals surface area contributed by atoms with E-state index in [-0.39, 0.29) is 24.6 Å². The van der Waals surface area contributed by atoms with Gasteiger partial charge in [0.15, 0.2) is 0 Å². The lowest BCUT2D eigenvalue weighted by atomic mass is 9.92. The first kappa shape index (κ1) is 38.9. The van der Waals surface area contributed by atoms with E-state index in [1.54, 1.807) is 0 Å². The zero-order chi connectivity index (χ0) is 29.7. The third-order valence-electron chi connectivity index (χ3n) is 7.98. The second kappa shape index (κ2) is 29.4. The van der Waals surface area contributed by atoms with E-state index in [0.29, 0.717) is 18.8 Å². The summed E-state index contributed by atoms with van der Waals surface area (Å²) in [4.78, 5) is 27.4. The molecule has 40 heavy (non-hydrogen) atoms. The van der Waals surface area contributed by atoms with Crippen molar-refractivity contribution in [3.05, 3.63) is 0 Å². The Bertz CT molecular complexity index is 566. The average Bonchev–Trinajstić information content (AvgIpc) is 2.92. The summed E-state index contributed by atoms with van der Waals surface area (Å²) >= 11 is 0. The van der Waals surface area contributed by atoms with E-state index in [4.69, 9.17) is 9.47 Å². The van der Waals surface area contributed by atoms with Crippen LogP contribution < -0.4 is 0 Å². The smallest absolute Gasteiger partial charge is 0.306 e. The minimum Gasteiger partial charge on any atom is -0.462 e. The molecule has 0 aromatic carbocycles. The molecule has 0 amide bonds. The summed E-state index contributed by atoms with van der Waals surface area (Å²) in [6.45, 7) is 7.81. The molecule has 0 fully saturated rings. The van der Waals surface area contributed by atoms with Gasteiger partial charge in [-0.3, -0.25) is 9.59 Å². The van der Waals surface area contributed by atoms with Crippen molar-refractivity contribution in [1.82, 2.24) is 4.90 Å². The van der Waals surface area contributed by atoms with Crippen LogP contribution in [0.3, 0.4) is 0 Å². The van der Waals surface area contributed by atoms with Gasteiger partial charge >= 0.3 is 11.9 Å². The van der Waals surface area contributed by atoms with Crippen LogP contribution >= 0.6 is 0 Å². The van der Waals surface area contributed by atoms with E-state index in [2.05, 4.69) is 25.7 Å². The van der Waals surface area contributed by atoms with Gasteiger partial charge < -0.3 is 14.4 Å². The Morgan fingerprint density at radius 2 is 1.02 bits per heavy atom. The first-order chi connectivity index (χ1) is 19.4. The molecule has 0 N–H and O–H groups in total. The molecule has 0 aliphatic heterocycles. The van der Waals surface area contributed by atoms with Crippen LogP contribution in [0.5, 0.6) is 0 Å². The number of hydrogen-bond acceptors (Lipinski definition) is 5. The van der Waals surface area contributed by atoms with Crippen LogP contribution in [0.4, 0.5) is 0 Å². The number of nitrogens with zero attached hydrogens (tertiary/aromatic N) is 1. The third kappa shape index (κ3) is 27.1. The first-order valence-corrected chi connectivity index (χ1v) is 17.4. The standard InChI is InChI=1S/C35H69NO4/c1-6-9-12-14-16-18-20-23-27-33(40-34(37)28-24-29-36(4)5)31-39-35(38)30-32(25-21-11-8-3)26-22-19-17-15-13-10-7-2/h32-33H,6-31H2,1-5H3. The minimum atomic E-state index is -0.322. The molecule has 2 atom stereocenters. The van der Waals surface area contributed by atoms with Crippen molar-refractivity contribution in [2.24, 2.45) is 5.92 Å². The Balaban J connectivity index is 4.64. The predicted molar refractivity (Wildman–Crippen MR) is 171 cm³/mol. The molecule has 2 unspecified atom stereocenters. The van der Waals surface area contributed by atoms with Crippen LogP contribution in [0.25, 0.3) is 0 Å². The normalized spacial score (nSPS) is 12.9. The van der Waals surface area contributed by atoms with E-state index < -0.39 is 0 Å². The Morgan fingerprint density at radius 3 is 1.55 bits per heavy atom. The Kier molecular flexibility index (Phi) is 28.6. The van der Waals surface area contributed by atoms with Gasteiger partial charge in [0.25, 0.3) is 0 Å². The molecular formula is C35H69NO4. The molecular weight excluding hydrogens is 498 g/mol. The van der Waals surface area contributed by atoms with Gasteiger partial charge in [0, 0.05) is 12.8 Å². The fourth-order valence-electron chi connectivity index (χ4n) is 5.37. The van der Waals surface area contributed by atoms with Gasteiger partial charge in [-0.05, 0) is 58.7 Å². The number of unbranched alkanes of at least 4 members (excludes halogenated alkanes) is 15. The Labute approximate surface area is 249 Å². The van der Waals surface area contributed by atoms with Crippen LogP contribution in [0.15, 0.2) is 0 Å². The van der Waals surface area contributed by atoms with Gasteiger partial charge in [0.1, 0.15) is 12.7 Å². The molecule has 0 radical (unpaired) electrons. The maximum Gasteiger partial charge on any atom is 0.306 e. The van der Waals surface area contributed by atoms with Gasteiger partial charge in [-0.25, -0.2) is 0 Å². The van der Waals surface area contributed by atoms with E-state index >= 15 is 0 Å². The molecule has 0 saturated carbocycles. The summed E-state index contributed by atoms with van der Waals surface area (Å²) in [7, 11) is 4.03. The molecule has 0 aliphatic rings. The fourth-order valence-corrected chi connectivity index (χ4v) is 5.37. The molecule has 0 saturated heterocycles. The monoisotopic (exact) mass is 568 g/mol. The van der Waals surface area contributed by atoms with Gasteiger partial charge in [-0.15, -0.1) is 0 Å². The summed E-state index contributed by atoms with van der Waals surface area (Å²) in [6, 6.07) is 0. The molecule has 5 heteroatoms. The SMILES string of the molecule is CCCCCCCCCCC(COC(=O)CC(CCCCC)CCCCCCCCC)OC(=O)CCCN(C)C. The molecule has 238 valence electrons. The molecule has 0 rings (SSSR count). The molecule has 0 aromatic rings. The van der Waals surface area contributed by atoms with Gasteiger partial charge in [-0.2, -0.15) is 0 Å². The first-order valence-electron chi connectivity index (χ1n) is 17.4. The number of carbonyl (C=O) groups excluding carboxylic acids is 2. The zero-order valence-electron chi connectivity index (χ0n) is 27.6. The van der Waals surface area contributed by atoms with Crippen LogP contribution in [-0.2, 0) is 19.1 Å². The number of hydrogen-bond donors (Lipinski definition) is 0. The van der Waals surface area contributed by atoms with E-state index in [9.17, 15) is 9.59 Å². The minimum absolute atomic E-state index is 0.117. The van der Waals surface area contributed by atoms with Crippen LogP contribution in [0.2, 0.25) is 0 Å². The van der Waals surface area contributed by atoms with Gasteiger partial charge in [0.05, 0.1) is 0 Å². The number of carbonyl (C=O) groups is 2. The summed E-state index contributed by atoms with van der Waals surface area (Å²) in [5.74, 6) is 0.127. The highest BCUT2D eigenvalue weighted by atomic mass is 16.6. The van der Waals surface area contributed by atoms with E-state index in [1.165, 1.54) is 103 Å². The number of ether oxygens (including phenoxy) is 2. The van der Waals surface area contributed by atoms with Crippen molar-refractivity contribution in [2.75, 3.05) is 27.2 Å². The zero-order valence-corrected chi connectivity index (χ0v) is 27.6. The molecule has 0 spiro atoms. The van der Waals surface area contributed by atoms with Crippen molar-refractivity contribution in [1.29, 1.82) is 0 Å². The number of esters is 2. The summed E-state index contributed by atoms with van der Waals surface area (Å²) in [5, 5.41) is 0. The second-order valence-corrected chi connectivity index (χ2v) is 12.4. The molecule has 0 aromatic heterocycles. The number of rotatable bonds is 30. The van der Waals surface area contributed by atoms with Crippen LogP contribution in [0, 0.1) is 5.92 Å². The lowest BCUT2D eigenvalue weighted by molar-refractivity contribution is -0.160. The average molecular weight is 568 g/mol. The Morgan fingerprint density at radius 1 is 0.575 bits per heavy atom. The van der Waals surface area contributed by atoms with Crippen molar-refractivity contribution in [2.45, 2.75) is 181 Å². The van der Waals surface area contributed by atoms with E-state index in [1.807, 2.05) is 14.1 Å². The highest BCUT2D eigenvalue weighted by Crippen LogP contribution is 2.23. The summed E-state index contributed by atoms with van der Waals surface area (Å²) in [6.07, 6.45) is 27.0. The van der Waals surface area contributed by atoms with Gasteiger partial charge in [-0.1, -0.05) is 130 Å². The van der Waals surface area contributed by atoms with Crippen LogP contribution in [-0.4, -0.2) is 50.2 Å². The molecule has 0 bridgehead atoms. The maximum absolute atomic E-state index is 12.9. The predicted octanol–water partition coefficient (Wildman–Crippen LogP) is 10.0. The van der Waals surface area contributed by atoms with Crippen LogP contribution in [0.1, 0.15) is 175 Å².